The average Bonchev–Trinajstić information content (AvgIpc) is 3.14. The van der Waals surface area contributed by atoms with Crippen LogP contribution in [0.1, 0.15) is 54.9 Å². The number of nitrogens with zero attached hydrogens (tertiary/aromatic N) is 3. The molecule has 2 aliphatic heterocycles. The third kappa shape index (κ3) is 5.19. The number of carbonyl (C=O) groups is 1. The highest BCUT2D eigenvalue weighted by Gasteiger charge is 2.52. The van der Waals surface area contributed by atoms with Crippen molar-refractivity contribution in [3.63, 3.8) is 0 Å². The van der Waals surface area contributed by atoms with Crippen LogP contribution in [0.4, 0.5) is 10.7 Å². The normalized spacial score (nSPS) is 23.3. The molecule has 2 saturated heterocycles. The van der Waals surface area contributed by atoms with E-state index >= 15 is 0 Å². The highest BCUT2D eigenvalue weighted by Crippen LogP contribution is 2.36. The summed E-state index contributed by atoms with van der Waals surface area (Å²) in [5.74, 6) is 1.03. The SMILES string of the molecule is CC(C)(C)OC(=O)NC[C@@H]1CCN(c2ncc(B3OC(C)(C)C(C)(C)O3)cn2)C1. The molecule has 3 rings (SSSR count). The number of nitrogens with one attached hydrogen (secondary N) is 1. The summed E-state index contributed by atoms with van der Waals surface area (Å²) in [4.78, 5) is 23.0. The van der Waals surface area contributed by atoms with Gasteiger partial charge in [-0.15, -0.1) is 0 Å². The van der Waals surface area contributed by atoms with Crippen LogP contribution >= 0.6 is 0 Å². The highest BCUT2D eigenvalue weighted by molar-refractivity contribution is 6.61. The fraction of sp³-hybridized carbons (Fsp3) is 0.750. The summed E-state index contributed by atoms with van der Waals surface area (Å²) in [6.45, 7) is 15.9. The van der Waals surface area contributed by atoms with Crippen molar-refractivity contribution >= 4 is 24.6 Å². The Morgan fingerprint density at radius 3 is 2.38 bits per heavy atom. The zero-order valence-corrected chi connectivity index (χ0v) is 18.6. The Hall–Kier alpha value is -1.87. The molecule has 1 N–H and O–H groups in total. The predicted octanol–water partition coefficient (Wildman–Crippen LogP) is 2.13. The Labute approximate surface area is 173 Å². The van der Waals surface area contributed by atoms with Gasteiger partial charge in [0.05, 0.1) is 11.2 Å². The van der Waals surface area contributed by atoms with Crippen molar-refractivity contribution in [1.82, 2.24) is 15.3 Å². The zero-order valence-electron chi connectivity index (χ0n) is 18.6. The summed E-state index contributed by atoms with van der Waals surface area (Å²) >= 11 is 0. The van der Waals surface area contributed by atoms with Crippen LogP contribution in [0.25, 0.3) is 0 Å². The molecular weight excluding hydrogens is 371 g/mol. The summed E-state index contributed by atoms with van der Waals surface area (Å²) in [6, 6.07) is 0. The maximum absolute atomic E-state index is 11.8. The van der Waals surface area contributed by atoms with E-state index in [2.05, 4.69) is 20.2 Å². The number of rotatable bonds is 4. The molecule has 0 aliphatic carbocycles. The van der Waals surface area contributed by atoms with Crippen molar-refractivity contribution in [2.75, 3.05) is 24.5 Å². The molecule has 0 saturated carbocycles. The van der Waals surface area contributed by atoms with Crippen LogP contribution in [0.5, 0.6) is 0 Å². The van der Waals surface area contributed by atoms with Crippen LogP contribution in [-0.4, -0.2) is 59.6 Å². The molecule has 29 heavy (non-hydrogen) atoms. The van der Waals surface area contributed by atoms with Gasteiger partial charge in [-0.25, -0.2) is 14.8 Å². The van der Waals surface area contributed by atoms with Crippen molar-refractivity contribution < 1.29 is 18.8 Å². The number of alkyl carbamates (subject to hydrolysis) is 1. The van der Waals surface area contributed by atoms with Crippen molar-refractivity contribution in [2.24, 2.45) is 5.92 Å². The van der Waals surface area contributed by atoms with Crippen LogP contribution in [0.3, 0.4) is 0 Å². The molecule has 160 valence electrons. The smallest absolute Gasteiger partial charge is 0.444 e. The molecule has 2 fully saturated rings. The van der Waals surface area contributed by atoms with Gasteiger partial charge in [0, 0.05) is 37.5 Å². The molecule has 3 heterocycles. The minimum absolute atomic E-state index is 0.342. The van der Waals surface area contributed by atoms with E-state index in [9.17, 15) is 4.79 Å². The highest BCUT2D eigenvalue weighted by atomic mass is 16.7. The van der Waals surface area contributed by atoms with Gasteiger partial charge in [0.1, 0.15) is 5.60 Å². The second kappa shape index (κ2) is 7.76. The Balaban J connectivity index is 1.52. The molecule has 1 atom stereocenters. The van der Waals surface area contributed by atoms with Crippen LogP contribution in [0, 0.1) is 5.92 Å². The first-order valence-electron chi connectivity index (χ1n) is 10.3. The number of amides is 1. The van der Waals surface area contributed by atoms with Gasteiger partial charge in [-0.1, -0.05) is 0 Å². The van der Waals surface area contributed by atoms with Crippen molar-refractivity contribution in [3.05, 3.63) is 12.4 Å². The molecule has 0 radical (unpaired) electrons. The summed E-state index contributed by atoms with van der Waals surface area (Å²) in [6.07, 6.45) is 4.14. The molecule has 0 spiro atoms. The van der Waals surface area contributed by atoms with Crippen LogP contribution < -0.4 is 15.7 Å². The van der Waals surface area contributed by atoms with Crippen molar-refractivity contribution in [3.8, 4) is 0 Å². The number of carbonyl (C=O) groups excluding carboxylic acids is 1. The molecule has 8 nitrogen and oxygen atoms in total. The van der Waals surface area contributed by atoms with Crippen LogP contribution in [-0.2, 0) is 14.0 Å². The topological polar surface area (TPSA) is 85.8 Å². The fourth-order valence-corrected chi connectivity index (χ4v) is 3.32. The largest absolute Gasteiger partial charge is 0.498 e. The van der Waals surface area contributed by atoms with E-state index in [1.54, 1.807) is 12.4 Å². The summed E-state index contributed by atoms with van der Waals surface area (Å²) in [7, 11) is -0.460. The van der Waals surface area contributed by atoms with Gasteiger partial charge in [0.25, 0.3) is 0 Å². The first-order valence-corrected chi connectivity index (χ1v) is 10.3. The van der Waals surface area contributed by atoms with Gasteiger partial charge in [0.2, 0.25) is 5.95 Å². The molecule has 9 heteroatoms. The molecule has 2 aliphatic rings. The van der Waals surface area contributed by atoms with E-state index in [1.165, 1.54) is 0 Å². The number of anilines is 1. The lowest BCUT2D eigenvalue weighted by Gasteiger charge is -2.32. The second-order valence-corrected chi connectivity index (χ2v) is 9.89. The molecule has 0 unspecified atom stereocenters. The zero-order chi connectivity index (χ0) is 21.4. The van der Waals surface area contributed by atoms with Crippen molar-refractivity contribution in [2.45, 2.75) is 71.7 Å². The average molecular weight is 404 g/mol. The standard InChI is InChI=1S/C20H33BN4O4/c1-18(2,3)27-17(26)24-10-14-8-9-25(13-14)16-22-11-15(12-23-16)21-28-19(4,5)20(6,7)29-21/h11-12,14H,8-10,13H2,1-7H3,(H,24,26)/t14-/m0/s1. The number of ether oxygens (including phenoxy) is 1. The Morgan fingerprint density at radius 2 is 1.83 bits per heavy atom. The molecule has 0 aromatic carbocycles. The van der Waals surface area contributed by atoms with Gasteiger partial charge < -0.3 is 24.3 Å². The maximum atomic E-state index is 11.8. The number of hydrogen-bond acceptors (Lipinski definition) is 7. The van der Waals surface area contributed by atoms with E-state index in [-0.39, 0.29) is 17.3 Å². The molecule has 1 aromatic heterocycles. The lowest BCUT2D eigenvalue weighted by molar-refractivity contribution is 0.00578. The van der Waals surface area contributed by atoms with Gasteiger partial charge in [0.15, 0.2) is 0 Å². The lowest BCUT2D eigenvalue weighted by atomic mass is 9.81. The summed E-state index contributed by atoms with van der Waals surface area (Å²) in [5.41, 5.74) is -0.451. The van der Waals surface area contributed by atoms with Gasteiger partial charge >= 0.3 is 13.2 Å². The monoisotopic (exact) mass is 404 g/mol. The molecule has 1 aromatic rings. The first-order chi connectivity index (χ1) is 13.4. The summed E-state index contributed by atoms with van der Waals surface area (Å²) < 4.78 is 17.4. The van der Waals surface area contributed by atoms with E-state index in [0.717, 1.165) is 25.0 Å². The van der Waals surface area contributed by atoms with Gasteiger partial charge in [-0.2, -0.15) is 0 Å². The third-order valence-corrected chi connectivity index (χ3v) is 5.69. The van der Waals surface area contributed by atoms with E-state index in [1.807, 2.05) is 48.5 Å². The quantitative estimate of drug-likeness (QED) is 0.770. The Kier molecular flexibility index (Phi) is 5.84. The Bertz CT molecular complexity index is 717. The Morgan fingerprint density at radius 1 is 1.24 bits per heavy atom. The number of hydrogen-bond donors (Lipinski definition) is 1. The second-order valence-electron chi connectivity index (χ2n) is 9.89. The molecular formula is C20H33BN4O4. The maximum Gasteiger partial charge on any atom is 0.498 e. The summed E-state index contributed by atoms with van der Waals surface area (Å²) in [5, 5.41) is 2.85. The van der Waals surface area contributed by atoms with E-state index < -0.39 is 12.7 Å². The van der Waals surface area contributed by atoms with Crippen LogP contribution in [0.2, 0.25) is 0 Å². The van der Waals surface area contributed by atoms with E-state index in [4.69, 9.17) is 14.0 Å². The predicted molar refractivity (Wildman–Crippen MR) is 112 cm³/mol. The first kappa shape index (κ1) is 21.8. The van der Waals surface area contributed by atoms with Gasteiger partial charge in [-0.05, 0) is 60.8 Å². The van der Waals surface area contributed by atoms with Gasteiger partial charge in [-0.3, -0.25) is 0 Å². The van der Waals surface area contributed by atoms with Crippen LogP contribution in [0.15, 0.2) is 12.4 Å². The minimum atomic E-state index is -0.488. The number of aromatic nitrogens is 2. The fourth-order valence-electron chi connectivity index (χ4n) is 3.32. The van der Waals surface area contributed by atoms with E-state index in [0.29, 0.717) is 18.4 Å². The molecule has 0 bridgehead atoms. The van der Waals surface area contributed by atoms with Crippen molar-refractivity contribution in [1.29, 1.82) is 0 Å². The lowest BCUT2D eigenvalue weighted by Crippen LogP contribution is -2.41. The third-order valence-electron chi connectivity index (χ3n) is 5.69. The molecule has 1 amide bonds. The minimum Gasteiger partial charge on any atom is -0.444 e.